The Hall–Kier alpha value is -0.0700. The molecule has 1 aromatic rings. The Morgan fingerprint density at radius 2 is 2.27 bits per heavy atom. The van der Waals surface area contributed by atoms with Crippen molar-refractivity contribution in [2.24, 2.45) is 0 Å². The fourth-order valence-corrected chi connectivity index (χ4v) is 1.95. The summed E-state index contributed by atoms with van der Waals surface area (Å²) in [5.41, 5.74) is 0.628. The van der Waals surface area contributed by atoms with Crippen LogP contribution in [0.3, 0.4) is 0 Å². The highest BCUT2D eigenvalue weighted by Crippen LogP contribution is 2.18. The van der Waals surface area contributed by atoms with Gasteiger partial charge in [-0.2, -0.15) is 0 Å². The molecule has 1 aromatic carbocycles. The van der Waals surface area contributed by atoms with Crippen LogP contribution in [0.4, 0.5) is 0 Å². The fraction of sp³-hybridized carbons (Fsp3) is 0.100. The van der Waals surface area contributed by atoms with E-state index in [0.29, 0.717) is 10.6 Å². The molecule has 5 heteroatoms. The van der Waals surface area contributed by atoms with Crippen LogP contribution in [-0.2, 0) is 0 Å². The molecule has 15 heavy (non-hydrogen) atoms. The molecule has 0 radical (unpaired) electrons. The highest BCUT2D eigenvalue weighted by Gasteiger charge is 2.09. The molecule has 1 rings (SSSR count). The number of nitrogens with one attached hydrogen (secondary N) is 1. The van der Waals surface area contributed by atoms with Gasteiger partial charge in [-0.25, -0.2) is 0 Å². The lowest BCUT2D eigenvalue weighted by Gasteiger charge is -2.06. The number of rotatable bonds is 3. The van der Waals surface area contributed by atoms with Crippen molar-refractivity contribution in [3.8, 4) is 0 Å². The maximum Gasteiger partial charge on any atom is 0.252 e. The van der Waals surface area contributed by atoms with Gasteiger partial charge in [0.05, 0.1) is 12.1 Å². The van der Waals surface area contributed by atoms with Gasteiger partial charge in [-0.3, -0.25) is 4.79 Å². The van der Waals surface area contributed by atoms with E-state index in [2.05, 4.69) is 50.4 Å². The van der Waals surface area contributed by atoms with Gasteiger partial charge in [-0.05, 0) is 40.8 Å². The zero-order chi connectivity index (χ0) is 11.4. The highest BCUT2D eigenvalue weighted by atomic mass is 127. The lowest BCUT2D eigenvalue weighted by molar-refractivity contribution is 0.0956. The van der Waals surface area contributed by atoms with Crippen LogP contribution in [0.2, 0.25) is 0 Å². The molecule has 1 N–H and O–H groups in total. The second-order valence-electron chi connectivity index (χ2n) is 2.82. The van der Waals surface area contributed by atoms with Gasteiger partial charge in [0.25, 0.3) is 5.91 Å². The Morgan fingerprint density at radius 1 is 1.60 bits per heavy atom. The predicted octanol–water partition coefficient (Wildman–Crippen LogP) is 3.54. The fourth-order valence-electron chi connectivity index (χ4n) is 0.943. The second-order valence-corrected chi connectivity index (χ2v) is 5.44. The van der Waals surface area contributed by atoms with Crippen molar-refractivity contribution >= 4 is 56.0 Å². The highest BCUT2D eigenvalue weighted by molar-refractivity contribution is 14.1. The smallest absolute Gasteiger partial charge is 0.252 e. The first kappa shape index (κ1) is 13.0. The van der Waals surface area contributed by atoms with E-state index in [1.165, 1.54) is 0 Å². The van der Waals surface area contributed by atoms with Crippen LogP contribution in [0.25, 0.3) is 0 Å². The van der Waals surface area contributed by atoms with Crippen LogP contribution in [0.15, 0.2) is 34.3 Å². The van der Waals surface area contributed by atoms with Crippen molar-refractivity contribution in [2.45, 2.75) is 0 Å². The summed E-state index contributed by atoms with van der Waals surface area (Å²) in [6.07, 6.45) is 0. The van der Waals surface area contributed by atoms with Gasteiger partial charge < -0.3 is 5.32 Å². The first-order chi connectivity index (χ1) is 7.00. The third kappa shape index (κ3) is 4.12. The molecule has 0 aliphatic rings. The third-order valence-corrected chi connectivity index (χ3v) is 3.18. The number of benzene rings is 1. The molecule has 0 spiro atoms. The zero-order valence-corrected chi connectivity index (χ0v) is 12.2. The van der Waals surface area contributed by atoms with E-state index in [-0.39, 0.29) is 12.5 Å². The monoisotopic (exact) mass is 399 g/mol. The van der Waals surface area contributed by atoms with E-state index in [1.54, 1.807) is 6.07 Å². The first-order valence-corrected chi connectivity index (χ1v) is 6.32. The summed E-state index contributed by atoms with van der Waals surface area (Å²) in [7, 11) is 0. The van der Waals surface area contributed by atoms with E-state index in [1.807, 2.05) is 12.1 Å². The number of carbonyl (C=O) groups excluding carboxylic acids is 1. The van der Waals surface area contributed by atoms with Crippen LogP contribution >= 0.6 is 50.1 Å². The number of hydrogen-bond donors (Lipinski definition) is 1. The van der Waals surface area contributed by atoms with Crippen LogP contribution in [0.1, 0.15) is 10.4 Å². The molecule has 0 saturated heterocycles. The second kappa shape index (κ2) is 5.86. The molecule has 0 saturated carbocycles. The van der Waals surface area contributed by atoms with E-state index in [0.717, 1.165) is 8.04 Å². The van der Waals surface area contributed by atoms with Crippen molar-refractivity contribution in [3.63, 3.8) is 0 Å². The maximum atomic E-state index is 11.7. The first-order valence-electron chi connectivity index (χ1n) is 4.07. The lowest BCUT2D eigenvalue weighted by atomic mass is 10.2. The van der Waals surface area contributed by atoms with E-state index in [4.69, 9.17) is 11.6 Å². The van der Waals surface area contributed by atoms with Crippen molar-refractivity contribution in [1.29, 1.82) is 0 Å². The molecule has 0 bridgehead atoms. The summed E-state index contributed by atoms with van der Waals surface area (Å²) in [5.74, 6) is -0.150. The summed E-state index contributed by atoms with van der Waals surface area (Å²) in [4.78, 5) is 11.7. The average molecular weight is 400 g/mol. The van der Waals surface area contributed by atoms with Gasteiger partial charge >= 0.3 is 0 Å². The van der Waals surface area contributed by atoms with Crippen LogP contribution in [0.5, 0.6) is 0 Å². The zero-order valence-electron chi connectivity index (χ0n) is 7.69. The van der Waals surface area contributed by atoms with Gasteiger partial charge in [0.2, 0.25) is 0 Å². The molecule has 0 unspecified atom stereocenters. The van der Waals surface area contributed by atoms with Gasteiger partial charge in [-0.15, -0.1) is 0 Å². The van der Waals surface area contributed by atoms with E-state index >= 15 is 0 Å². The molecular weight excluding hydrogens is 392 g/mol. The summed E-state index contributed by atoms with van der Waals surface area (Å²) in [6.45, 7) is 3.78. The van der Waals surface area contributed by atoms with Gasteiger partial charge in [-0.1, -0.05) is 34.1 Å². The molecule has 0 fully saturated rings. The minimum Gasteiger partial charge on any atom is -0.347 e. The predicted molar refractivity (Wildman–Crippen MR) is 74.2 cm³/mol. The number of hydrogen-bond acceptors (Lipinski definition) is 1. The van der Waals surface area contributed by atoms with Gasteiger partial charge in [0, 0.05) is 13.1 Å². The van der Waals surface area contributed by atoms with E-state index in [9.17, 15) is 4.79 Å². The molecule has 2 nitrogen and oxygen atoms in total. The Labute approximate surface area is 115 Å². The molecule has 0 aliphatic heterocycles. The molecule has 0 aliphatic carbocycles. The Morgan fingerprint density at radius 3 is 2.87 bits per heavy atom. The van der Waals surface area contributed by atoms with Crippen LogP contribution in [0, 0.1) is 3.57 Å². The number of halogens is 3. The van der Waals surface area contributed by atoms with Crippen molar-refractivity contribution < 1.29 is 4.79 Å². The molecule has 0 aromatic heterocycles. The number of amides is 1. The molecule has 0 heterocycles. The number of carbonyl (C=O) groups is 1. The van der Waals surface area contributed by atoms with Crippen molar-refractivity contribution in [1.82, 2.24) is 5.32 Å². The van der Waals surface area contributed by atoms with Crippen LogP contribution in [-0.4, -0.2) is 12.5 Å². The van der Waals surface area contributed by atoms with E-state index < -0.39 is 0 Å². The lowest BCUT2D eigenvalue weighted by Crippen LogP contribution is -2.25. The standard InChI is InChI=1S/C10H8BrClINO/c1-6(12)5-14-10(15)8-4-7(11)2-3-9(8)13/h2-4H,1,5H2,(H,14,15). The molecule has 1 amide bonds. The van der Waals surface area contributed by atoms with Crippen molar-refractivity contribution in [3.05, 3.63) is 43.4 Å². The summed E-state index contributed by atoms with van der Waals surface area (Å²) in [6, 6.07) is 5.53. The average Bonchev–Trinajstić information content (AvgIpc) is 2.18. The third-order valence-electron chi connectivity index (χ3n) is 1.61. The SMILES string of the molecule is C=C(Cl)CNC(=O)c1cc(Br)ccc1I. The molecular formula is C10H8BrClINO. The van der Waals surface area contributed by atoms with Gasteiger partial charge in [0.1, 0.15) is 0 Å². The summed E-state index contributed by atoms with van der Waals surface area (Å²) in [5, 5.41) is 3.08. The molecule has 80 valence electrons. The van der Waals surface area contributed by atoms with Crippen molar-refractivity contribution in [2.75, 3.05) is 6.54 Å². The Balaban J connectivity index is 2.81. The Kier molecular flexibility index (Phi) is 5.08. The normalized spacial score (nSPS) is 9.80. The molecule has 0 atom stereocenters. The topological polar surface area (TPSA) is 29.1 Å². The summed E-state index contributed by atoms with van der Waals surface area (Å²) >= 11 is 11.0. The minimum atomic E-state index is -0.150. The maximum absolute atomic E-state index is 11.7. The Bertz CT molecular complexity index is 408. The largest absolute Gasteiger partial charge is 0.347 e. The van der Waals surface area contributed by atoms with Gasteiger partial charge in [0.15, 0.2) is 0 Å². The quantitative estimate of drug-likeness (QED) is 0.773. The van der Waals surface area contributed by atoms with Crippen LogP contribution < -0.4 is 5.32 Å². The minimum absolute atomic E-state index is 0.150. The summed E-state index contributed by atoms with van der Waals surface area (Å²) < 4.78 is 1.77.